The first-order valence-electron chi connectivity index (χ1n) is 11.9. The zero-order valence-electron chi connectivity index (χ0n) is 17.1. The first-order valence-corrected chi connectivity index (χ1v) is 11.9. The van der Waals surface area contributed by atoms with Crippen molar-refractivity contribution in [2.45, 2.75) is 148 Å². The van der Waals surface area contributed by atoms with Crippen molar-refractivity contribution in [2.75, 3.05) is 0 Å². The van der Waals surface area contributed by atoms with E-state index in [4.69, 9.17) is 0 Å². The molecule has 0 nitrogen and oxygen atoms in total. The highest BCUT2D eigenvalue weighted by molar-refractivity contribution is 4.64. The maximum Gasteiger partial charge on any atom is -0.0414 e. The quantitative estimate of drug-likeness (QED) is 0.194. The van der Waals surface area contributed by atoms with Gasteiger partial charge in [-0.2, -0.15) is 0 Å². The predicted molar refractivity (Wildman–Crippen MR) is 111 cm³/mol. The Bertz CT molecular complexity index is 224. The first-order chi connectivity index (χ1) is 11.9. The summed E-state index contributed by atoms with van der Waals surface area (Å²) in [6, 6.07) is 0. The van der Waals surface area contributed by atoms with Gasteiger partial charge < -0.3 is 0 Å². The molecule has 0 aromatic rings. The monoisotopic (exact) mass is 336 g/mol. The van der Waals surface area contributed by atoms with Gasteiger partial charge in [-0.05, 0) is 5.92 Å². The van der Waals surface area contributed by atoms with Crippen molar-refractivity contribution >= 4 is 0 Å². The van der Waals surface area contributed by atoms with E-state index in [1.54, 1.807) is 12.8 Å². The molecule has 1 aliphatic rings. The zero-order valence-corrected chi connectivity index (χ0v) is 17.1. The molecular weight excluding hydrogens is 288 g/mol. The van der Waals surface area contributed by atoms with Crippen LogP contribution < -0.4 is 0 Å². The molecule has 0 spiro atoms. The topological polar surface area (TPSA) is 0 Å². The van der Waals surface area contributed by atoms with E-state index in [0.717, 1.165) is 5.92 Å². The maximum absolute atomic E-state index is 2.30. The minimum absolute atomic E-state index is 1.09. The lowest BCUT2D eigenvalue weighted by Gasteiger charge is -2.13. The third kappa shape index (κ3) is 14.4. The van der Waals surface area contributed by atoms with Crippen LogP contribution >= 0.6 is 0 Å². The summed E-state index contributed by atoms with van der Waals surface area (Å²) in [6.07, 6.45) is 32.9. The Kier molecular flexibility index (Phi) is 16.4. The third-order valence-corrected chi connectivity index (χ3v) is 6.19. The molecular formula is C24H48. The normalized spacial score (nSPS) is 16.4. The van der Waals surface area contributed by atoms with Crippen LogP contribution in [0.4, 0.5) is 0 Å². The smallest absolute Gasteiger partial charge is 0.0414 e. The summed E-state index contributed by atoms with van der Waals surface area (Å²) in [6.45, 7) is 2.30. The fraction of sp³-hybridized carbons (Fsp3) is 1.00. The molecule has 24 heavy (non-hydrogen) atoms. The van der Waals surface area contributed by atoms with Gasteiger partial charge in [0.1, 0.15) is 0 Å². The SMILES string of the molecule is CCCCCCCCCCCCCCCCCC1CCCCCC1. The van der Waals surface area contributed by atoms with E-state index in [2.05, 4.69) is 6.92 Å². The Morgan fingerprint density at radius 2 is 0.833 bits per heavy atom. The Morgan fingerprint density at radius 1 is 0.458 bits per heavy atom. The third-order valence-electron chi connectivity index (χ3n) is 6.19. The highest BCUT2D eigenvalue weighted by atomic mass is 14.2. The minimum atomic E-state index is 1.09. The first kappa shape index (κ1) is 22.0. The summed E-state index contributed by atoms with van der Waals surface area (Å²) in [5.74, 6) is 1.09. The number of rotatable bonds is 16. The van der Waals surface area contributed by atoms with E-state index in [-0.39, 0.29) is 0 Å². The second kappa shape index (κ2) is 17.8. The van der Waals surface area contributed by atoms with E-state index in [1.165, 1.54) is 128 Å². The van der Waals surface area contributed by atoms with Gasteiger partial charge in [-0.3, -0.25) is 0 Å². The molecule has 0 atom stereocenters. The minimum Gasteiger partial charge on any atom is -0.0654 e. The molecule has 1 aliphatic carbocycles. The molecule has 0 bridgehead atoms. The van der Waals surface area contributed by atoms with Crippen molar-refractivity contribution in [2.24, 2.45) is 5.92 Å². The maximum atomic E-state index is 2.30. The zero-order chi connectivity index (χ0) is 17.1. The van der Waals surface area contributed by atoms with Gasteiger partial charge in [0.05, 0.1) is 0 Å². The molecule has 1 saturated carbocycles. The van der Waals surface area contributed by atoms with Crippen LogP contribution in [0, 0.1) is 5.92 Å². The highest BCUT2D eigenvalue weighted by Gasteiger charge is 2.11. The van der Waals surface area contributed by atoms with Crippen molar-refractivity contribution in [1.82, 2.24) is 0 Å². The van der Waals surface area contributed by atoms with Gasteiger partial charge in [0.2, 0.25) is 0 Å². The van der Waals surface area contributed by atoms with Gasteiger partial charge in [-0.1, -0.05) is 148 Å². The second-order valence-electron chi connectivity index (χ2n) is 8.60. The number of unbranched alkanes of at least 4 members (excludes halogenated alkanes) is 14. The molecule has 0 saturated heterocycles. The standard InChI is InChI=1S/C24H48/c1-2-3-4-5-6-7-8-9-10-11-12-13-14-15-18-21-24-22-19-16-17-20-23-24/h24H,2-23H2,1H3. The van der Waals surface area contributed by atoms with Gasteiger partial charge in [-0.25, -0.2) is 0 Å². The van der Waals surface area contributed by atoms with E-state index >= 15 is 0 Å². The van der Waals surface area contributed by atoms with Crippen LogP contribution in [0.5, 0.6) is 0 Å². The lowest BCUT2D eigenvalue weighted by atomic mass is 9.93. The molecule has 0 aromatic carbocycles. The van der Waals surface area contributed by atoms with Crippen molar-refractivity contribution < 1.29 is 0 Å². The van der Waals surface area contributed by atoms with Crippen LogP contribution in [-0.4, -0.2) is 0 Å². The summed E-state index contributed by atoms with van der Waals surface area (Å²) < 4.78 is 0. The van der Waals surface area contributed by atoms with Gasteiger partial charge in [-0.15, -0.1) is 0 Å². The largest absolute Gasteiger partial charge is 0.0654 e. The molecule has 0 N–H and O–H groups in total. The Morgan fingerprint density at radius 3 is 1.25 bits per heavy atom. The molecule has 0 aromatic heterocycles. The molecule has 144 valence electrons. The average molecular weight is 337 g/mol. The van der Waals surface area contributed by atoms with Crippen LogP contribution in [-0.2, 0) is 0 Å². The molecule has 0 aliphatic heterocycles. The summed E-state index contributed by atoms with van der Waals surface area (Å²) in [7, 11) is 0. The molecule has 1 fully saturated rings. The van der Waals surface area contributed by atoms with E-state index in [0.29, 0.717) is 0 Å². The van der Waals surface area contributed by atoms with Crippen molar-refractivity contribution in [3.05, 3.63) is 0 Å². The van der Waals surface area contributed by atoms with Crippen LogP contribution in [0.1, 0.15) is 148 Å². The summed E-state index contributed by atoms with van der Waals surface area (Å²) in [4.78, 5) is 0. The van der Waals surface area contributed by atoms with Gasteiger partial charge in [0.25, 0.3) is 0 Å². The number of hydrogen-bond donors (Lipinski definition) is 0. The summed E-state index contributed by atoms with van der Waals surface area (Å²) in [5, 5.41) is 0. The molecule has 0 heteroatoms. The Hall–Kier alpha value is 0. The van der Waals surface area contributed by atoms with E-state index in [1.807, 2.05) is 0 Å². The average Bonchev–Trinajstić information content (AvgIpc) is 2.87. The highest BCUT2D eigenvalue weighted by Crippen LogP contribution is 2.27. The molecule has 0 radical (unpaired) electrons. The molecule has 0 heterocycles. The molecule has 0 unspecified atom stereocenters. The summed E-state index contributed by atoms with van der Waals surface area (Å²) >= 11 is 0. The van der Waals surface area contributed by atoms with Crippen LogP contribution in [0.25, 0.3) is 0 Å². The second-order valence-corrected chi connectivity index (χ2v) is 8.60. The van der Waals surface area contributed by atoms with E-state index in [9.17, 15) is 0 Å². The van der Waals surface area contributed by atoms with Crippen LogP contribution in [0.2, 0.25) is 0 Å². The van der Waals surface area contributed by atoms with Crippen molar-refractivity contribution in [1.29, 1.82) is 0 Å². The van der Waals surface area contributed by atoms with Crippen molar-refractivity contribution in [3.63, 3.8) is 0 Å². The van der Waals surface area contributed by atoms with Crippen molar-refractivity contribution in [3.8, 4) is 0 Å². The molecule has 0 amide bonds. The Balaban J connectivity index is 1.70. The fourth-order valence-electron chi connectivity index (χ4n) is 4.46. The number of hydrogen-bond acceptors (Lipinski definition) is 0. The lowest BCUT2D eigenvalue weighted by molar-refractivity contribution is 0.404. The summed E-state index contributed by atoms with van der Waals surface area (Å²) in [5.41, 5.74) is 0. The Labute approximate surface area is 154 Å². The predicted octanol–water partition coefficient (Wildman–Crippen LogP) is 9.22. The van der Waals surface area contributed by atoms with Crippen LogP contribution in [0.15, 0.2) is 0 Å². The fourth-order valence-corrected chi connectivity index (χ4v) is 4.46. The van der Waals surface area contributed by atoms with E-state index < -0.39 is 0 Å². The van der Waals surface area contributed by atoms with Gasteiger partial charge in [0.15, 0.2) is 0 Å². The van der Waals surface area contributed by atoms with Gasteiger partial charge in [0, 0.05) is 0 Å². The van der Waals surface area contributed by atoms with Gasteiger partial charge >= 0.3 is 0 Å². The molecule has 1 rings (SSSR count). The van der Waals surface area contributed by atoms with Crippen LogP contribution in [0.3, 0.4) is 0 Å². The lowest BCUT2D eigenvalue weighted by Crippen LogP contribution is -1.98.